The zero-order chi connectivity index (χ0) is 18.6. The molecule has 0 radical (unpaired) electrons. The van der Waals surface area contributed by atoms with Crippen LogP contribution in [0.1, 0.15) is 12.5 Å². The second-order valence-electron chi connectivity index (χ2n) is 5.11. The van der Waals surface area contributed by atoms with Crippen LogP contribution in [0.15, 0.2) is 36.7 Å². The van der Waals surface area contributed by atoms with Crippen LogP contribution in [0.4, 0.5) is 24.8 Å². The summed E-state index contributed by atoms with van der Waals surface area (Å²) in [6.45, 7) is 1.56. The average molecular weight is 355 g/mol. The molecule has 134 valence electrons. The average Bonchev–Trinajstić information content (AvgIpc) is 2.60. The van der Waals surface area contributed by atoms with E-state index in [1.165, 1.54) is 12.0 Å². The Kier molecular flexibility index (Phi) is 5.45. The summed E-state index contributed by atoms with van der Waals surface area (Å²) < 4.78 is 47.6. The van der Waals surface area contributed by atoms with Crippen LogP contribution in [-0.2, 0) is 15.7 Å². The predicted molar refractivity (Wildman–Crippen MR) is 83.6 cm³/mol. The monoisotopic (exact) mass is 355 g/mol. The molecule has 1 unspecified atom stereocenters. The summed E-state index contributed by atoms with van der Waals surface area (Å²) in [6.07, 6.45) is -3.78. The van der Waals surface area contributed by atoms with Gasteiger partial charge >= 0.3 is 12.1 Å². The van der Waals surface area contributed by atoms with E-state index in [-0.39, 0.29) is 5.95 Å². The topological polar surface area (TPSA) is 64.6 Å². The van der Waals surface area contributed by atoms with Crippen molar-refractivity contribution in [2.24, 2.45) is 0 Å². The lowest BCUT2D eigenvalue weighted by Gasteiger charge is -2.18. The summed E-state index contributed by atoms with van der Waals surface area (Å²) in [4.78, 5) is 20.3. The van der Waals surface area contributed by atoms with Gasteiger partial charge in [-0.05, 0) is 31.2 Å². The number of carbonyl (C=O) groups excluding carboxylic acids is 1. The SMILES string of the molecule is COC(=O)C(C)Oc1ccc(N(C)c2ncc(C(F)(F)F)cn2)cc1. The maximum Gasteiger partial charge on any atom is 0.419 e. The molecule has 0 aliphatic heterocycles. The molecule has 1 aromatic heterocycles. The molecule has 2 aromatic rings. The minimum absolute atomic E-state index is 0.115. The van der Waals surface area contributed by atoms with Gasteiger partial charge in [0.1, 0.15) is 5.75 Å². The van der Waals surface area contributed by atoms with Crippen LogP contribution in [0.3, 0.4) is 0 Å². The minimum atomic E-state index is -4.48. The van der Waals surface area contributed by atoms with Crippen molar-refractivity contribution < 1.29 is 27.4 Å². The number of methoxy groups -OCH3 is 1. The molecule has 0 saturated carbocycles. The van der Waals surface area contributed by atoms with Gasteiger partial charge in [0.15, 0.2) is 6.10 Å². The minimum Gasteiger partial charge on any atom is -0.479 e. The third kappa shape index (κ3) is 4.59. The van der Waals surface area contributed by atoms with E-state index in [9.17, 15) is 18.0 Å². The second kappa shape index (κ2) is 7.37. The molecule has 2 rings (SSSR count). The largest absolute Gasteiger partial charge is 0.479 e. The molecule has 0 aliphatic carbocycles. The Balaban J connectivity index is 2.10. The van der Waals surface area contributed by atoms with E-state index < -0.39 is 23.8 Å². The van der Waals surface area contributed by atoms with E-state index in [0.29, 0.717) is 11.4 Å². The number of rotatable bonds is 5. The summed E-state index contributed by atoms with van der Waals surface area (Å²) in [5.74, 6) is 0.0623. The first-order chi connectivity index (χ1) is 11.7. The molecule has 0 N–H and O–H groups in total. The highest BCUT2D eigenvalue weighted by Crippen LogP contribution is 2.29. The Morgan fingerprint density at radius 1 is 1.16 bits per heavy atom. The highest BCUT2D eigenvalue weighted by atomic mass is 19.4. The van der Waals surface area contributed by atoms with Crippen molar-refractivity contribution >= 4 is 17.6 Å². The van der Waals surface area contributed by atoms with Crippen LogP contribution < -0.4 is 9.64 Å². The normalized spacial score (nSPS) is 12.4. The standard InChI is InChI=1S/C16H16F3N3O3/c1-10(14(23)24-3)25-13-6-4-12(5-7-13)22(2)15-20-8-11(9-21-15)16(17,18)19/h4-10H,1-3H3. The number of ether oxygens (including phenoxy) is 2. The highest BCUT2D eigenvalue weighted by Gasteiger charge is 2.31. The lowest BCUT2D eigenvalue weighted by atomic mass is 10.3. The Hall–Kier alpha value is -2.84. The van der Waals surface area contributed by atoms with Crippen LogP contribution in [0.25, 0.3) is 0 Å². The fourth-order valence-corrected chi connectivity index (χ4v) is 1.92. The third-order valence-electron chi connectivity index (χ3n) is 3.34. The molecule has 9 heteroatoms. The zero-order valence-corrected chi connectivity index (χ0v) is 13.7. The van der Waals surface area contributed by atoms with Crippen molar-refractivity contribution in [1.29, 1.82) is 0 Å². The van der Waals surface area contributed by atoms with E-state index >= 15 is 0 Å². The van der Waals surface area contributed by atoms with Crippen LogP contribution in [0, 0.1) is 0 Å². The van der Waals surface area contributed by atoms with Gasteiger partial charge in [0, 0.05) is 25.1 Å². The number of hydrogen-bond acceptors (Lipinski definition) is 6. The number of anilines is 2. The van der Waals surface area contributed by atoms with Gasteiger partial charge in [-0.2, -0.15) is 13.2 Å². The quantitative estimate of drug-likeness (QED) is 0.768. The molecule has 1 aromatic carbocycles. The zero-order valence-electron chi connectivity index (χ0n) is 13.7. The van der Waals surface area contributed by atoms with E-state index in [1.54, 1.807) is 38.2 Å². The number of aromatic nitrogens is 2. The van der Waals surface area contributed by atoms with Crippen LogP contribution >= 0.6 is 0 Å². The van der Waals surface area contributed by atoms with E-state index in [1.807, 2.05) is 0 Å². The van der Waals surface area contributed by atoms with Gasteiger partial charge < -0.3 is 14.4 Å². The number of benzene rings is 1. The summed E-state index contributed by atoms with van der Waals surface area (Å²) in [7, 11) is 2.89. The lowest BCUT2D eigenvalue weighted by molar-refractivity contribution is -0.148. The van der Waals surface area contributed by atoms with Crippen molar-refractivity contribution in [3.05, 3.63) is 42.2 Å². The molecule has 0 fully saturated rings. The van der Waals surface area contributed by atoms with Crippen LogP contribution in [0.5, 0.6) is 5.75 Å². The lowest BCUT2D eigenvalue weighted by Crippen LogP contribution is -2.24. The number of carbonyl (C=O) groups is 1. The first-order valence-corrected chi connectivity index (χ1v) is 7.20. The van der Waals surface area contributed by atoms with Crippen molar-refractivity contribution in [3.8, 4) is 5.75 Å². The van der Waals surface area contributed by atoms with Crippen molar-refractivity contribution in [1.82, 2.24) is 9.97 Å². The number of esters is 1. The van der Waals surface area contributed by atoms with E-state index in [2.05, 4.69) is 14.7 Å². The maximum atomic E-state index is 12.5. The molecule has 0 spiro atoms. The molecule has 0 saturated heterocycles. The van der Waals surface area contributed by atoms with Gasteiger partial charge in [-0.15, -0.1) is 0 Å². The second-order valence-corrected chi connectivity index (χ2v) is 5.11. The molecule has 0 aliphatic rings. The summed E-state index contributed by atoms with van der Waals surface area (Å²) in [5, 5.41) is 0. The molecule has 25 heavy (non-hydrogen) atoms. The first kappa shape index (κ1) is 18.5. The van der Waals surface area contributed by atoms with Gasteiger partial charge in [0.05, 0.1) is 12.7 Å². The number of halogens is 3. The van der Waals surface area contributed by atoms with Gasteiger partial charge in [-0.25, -0.2) is 14.8 Å². The fourth-order valence-electron chi connectivity index (χ4n) is 1.92. The van der Waals surface area contributed by atoms with Crippen molar-refractivity contribution in [3.63, 3.8) is 0 Å². The Morgan fingerprint density at radius 2 is 1.72 bits per heavy atom. The summed E-state index contributed by atoms with van der Waals surface area (Å²) >= 11 is 0. The van der Waals surface area contributed by atoms with Crippen LogP contribution in [0.2, 0.25) is 0 Å². The van der Waals surface area contributed by atoms with E-state index in [4.69, 9.17) is 4.74 Å². The Morgan fingerprint density at radius 3 is 2.20 bits per heavy atom. The van der Waals surface area contributed by atoms with Crippen LogP contribution in [-0.4, -0.2) is 36.2 Å². The Labute approximate surface area is 142 Å². The molecule has 1 atom stereocenters. The van der Waals surface area contributed by atoms with Gasteiger partial charge in [-0.1, -0.05) is 0 Å². The highest BCUT2D eigenvalue weighted by molar-refractivity contribution is 5.74. The molecule has 1 heterocycles. The fraction of sp³-hybridized carbons (Fsp3) is 0.312. The van der Waals surface area contributed by atoms with Gasteiger partial charge in [-0.3, -0.25) is 0 Å². The molecule has 0 bridgehead atoms. The summed E-state index contributed by atoms with van der Waals surface area (Å²) in [5.41, 5.74) is -0.275. The number of nitrogens with zero attached hydrogens (tertiary/aromatic N) is 3. The smallest absolute Gasteiger partial charge is 0.419 e. The van der Waals surface area contributed by atoms with Crippen molar-refractivity contribution in [2.75, 3.05) is 19.1 Å². The molecule has 6 nitrogen and oxygen atoms in total. The maximum absolute atomic E-state index is 12.5. The number of alkyl halides is 3. The third-order valence-corrected chi connectivity index (χ3v) is 3.34. The predicted octanol–water partition coefficient (Wildman–Crippen LogP) is 3.20. The Bertz CT molecular complexity index is 718. The van der Waals surface area contributed by atoms with E-state index in [0.717, 1.165) is 12.4 Å². The van der Waals surface area contributed by atoms with Crippen molar-refractivity contribution in [2.45, 2.75) is 19.2 Å². The molecular weight excluding hydrogens is 339 g/mol. The molecular formula is C16H16F3N3O3. The first-order valence-electron chi connectivity index (χ1n) is 7.20. The number of hydrogen-bond donors (Lipinski definition) is 0. The molecule has 0 amide bonds. The summed E-state index contributed by atoms with van der Waals surface area (Å²) in [6, 6.07) is 6.57. The van der Waals surface area contributed by atoms with Gasteiger partial charge in [0.2, 0.25) is 5.95 Å². The van der Waals surface area contributed by atoms with Gasteiger partial charge in [0.25, 0.3) is 0 Å².